The van der Waals surface area contributed by atoms with Crippen molar-refractivity contribution in [2.45, 2.75) is 39.2 Å². The van der Waals surface area contributed by atoms with Gasteiger partial charge in [-0.2, -0.15) is 0 Å². The van der Waals surface area contributed by atoms with Gasteiger partial charge in [0.05, 0.1) is 12.1 Å². The zero-order valence-electron chi connectivity index (χ0n) is 11.5. The Morgan fingerprint density at radius 1 is 1.61 bits per heavy atom. The van der Waals surface area contributed by atoms with Crippen molar-refractivity contribution in [2.75, 3.05) is 13.7 Å². The number of amides is 1. The lowest BCUT2D eigenvalue weighted by Crippen LogP contribution is -2.61. The normalized spacial score (nSPS) is 28.7. The smallest absolute Gasteiger partial charge is 0.234 e. The van der Waals surface area contributed by atoms with Crippen LogP contribution in [0.3, 0.4) is 0 Å². The summed E-state index contributed by atoms with van der Waals surface area (Å²) in [5.41, 5.74) is 4.34. The van der Waals surface area contributed by atoms with Gasteiger partial charge in [-0.15, -0.1) is 0 Å². The van der Waals surface area contributed by atoms with Gasteiger partial charge in [-0.25, -0.2) is 0 Å². The number of nitrogens with two attached hydrogens (primary N) is 1. The van der Waals surface area contributed by atoms with Crippen molar-refractivity contribution in [1.29, 1.82) is 0 Å². The molecule has 0 radical (unpaired) electrons. The molecule has 0 heterocycles. The molecule has 0 spiro atoms. The Bertz CT molecular complexity index is 346. The lowest BCUT2D eigenvalue weighted by Gasteiger charge is -2.45. The molecule has 0 aromatic heterocycles. The van der Waals surface area contributed by atoms with Crippen molar-refractivity contribution in [2.24, 2.45) is 22.2 Å². The summed E-state index contributed by atoms with van der Waals surface area (Å²) in [5.74, 6) is 0.200. The SMILES string of the molecule is COCC(C)(C)NC(=O)C1(C(N)=NO)CC(C)C1. The molecule has 0 unspecified atom stereocenters. The van der Waals surface area contributed by atoms with Gasteiger partial charge in [-0.3, -0.25) is 4.79 Å². The first-order valence-electron chi connectivity index (χ1n) is 6.07. The second-order valence-electron chi connectivity index (χ2n) is 5.85. The summed E-state index contributed by atoms with van der Waals surface area (Å²) in [6, 6.07) is 0. The van der Waals surface area contributed by atoms with Crippen molar-refractivity contribution in [1.82, 2.24) is 5.32 Å². The number of methoxy groups -OCH3 is 1. The van der Waals surface area contributed by atoms with Crippen LogP contribution in [0, 0.1) is 11.3 Å². The molecule has 0 bridgehead atoms. The van der Waals surface area contributed by atoms with Gasteiger partial charge in [0, 0.05) is 7.11 Å². The maximum atomic E-state index is 12.3. The van der Waals surface area contributed by atoms with Crippen LogP contribution in [0.1, 0.15) is 33.6 Å². The number of nitrogens with one attached hydrogen (secondary N) is 1. The second-order valence-corrected chi connectivity index (χ2v) is 5.85. The van der Waals surface area contributed by atoms with Gasteiger partial charge in [0.2, 0.25) is 5.91 Å². The van der Waals surface area contributed by atoms with E-state index in [0.717, 1.165) is 0 Å². The summed E-state index contributed by atoms with van der Waals surface area (Å²) in [6.45, 7) is 6.18. The van der Waals surface area contributed by atoms with Crippen LogP contribution >= 0.6 is 0 Å². The summed E-state index contributed by atoms with van der Waals surface area (Å²) >= 11 is 0. The molecule has 18 heavy (non-hydrogen) atoms. The number of amidine groups is 1. The van der Waals surface area contributed by atoms with Gasteiger partial charge in [0.25, 0.3) is 0 Å². The molecule has 1 fully saturated rings. The number of ether oxygens (including phenoxy) is 1. The van der Waals surface area contributed by atoms with E-state index in [-0.39, 0.29) is 11.7 Å². The molecule has 0 aromatic carbocycles. The molecule has 4 N–H and O–H groups in total. The number of nitrogens with zero attached hydrogens (tertiary/aromatic N) is 1. The molecule has 0 aromatic rings. The van der Waals surface area contributed by atoms with E-state index >= 15 is 0 Å². The van der Waals surface area contributed by atoms with Crippen LogP contribution in [-0.4, -0.2) is 36.2 Å². The van der Waals surface area contributed by atoms with Crippen LogP contribution in [0.15, 0.2) is 5.16 Å². The van der Waals surface area contributed by atoms with Gasteiger partial charge < -0.3 is 21.0 Å². The minimum Gasteiger partial charge on any atom is -0.409 e. The Hall–Kier alpha value is -1.30. The van der Waals surface area contributed by atoms with E-state index in [2.05, 4.69) is 10.5 Å². The number of carbonyl (C=O) groups excluding carboxylic acids is 1. The van der Waals surface area contributed by atoms with Gasteiger partial charge in [-0.1, -0.05) is 12.1 Å². The highest BCUT2D eigenvalue weighted by molar-refractivity contribution is 6.07. The first-order valence-corrected chi connectivity index (χ1v) is 6.07. The van der Waals surface area contributed by atoms with Crippen LogP contribution in [0.5, 0.6) is 0 Å². The highest BCUT2D eigenvalue weighted by Crippen LogP contribution is 2.46. The number of oxime groups is 1. The van der Waals surface area contributed by atoms with Crippen molar-refractivity contribution >= 4 is 11.7 Å². The quantitative estimate of drug-likeness (QED) is 0.292. The molecule has 1 rings (SSSR count). The first kappa shape index (κ1) is 14.8. The third-order valence-corrected chi connectivity index (χ3v) is 3.38. The van der Waals surface area contributed by atoms with Crippen LogP contribution in [0.4, 0.5) is 0 Å². The zero-order valence-corrected chi connectivity index (χ0v) is 11.5. The van der Waals surface area contributed by atoms with E-state index in [1.165, 1.54) is 0 Å². The van der Waals surface area contributed by atoms with E-state index in [4.69, 9.17) is 15.7 Å². The summed E-state index contributed by atoms with van der Waals surface area (Å²) in [5, 5.41) is 14.7. The second kappa shape index (κ2) is 5.14. The number of hydrogen-bond donors (Lipinski definition) is 3. The van der Waals surface area contributed by atoms with Gasteiger partial charge >= 0.3 is 0 Å². The molecule has 1 aliphatic rings. The maximum absolute atomic E-state index is 12.3. The van der Waals surface area contributed by atoms with Crippen LogP contribution in [0.2, 0.25) is 0 Å². The van der Waals surface area contributed by atoms with Crippen molar-refractivity contribution in [3.63, 3.8) is 0 Å². The predicted octanol–water partition coefficient (Wildman–Crippen LogP) is 0.690. The van der Waals surface area contributed by atoms with Crippen molar-refractivity contribution in [3.05, 3.63) is 0 Å². The molecule has 6 heteroatoms. The summed E-state index contributed by atoms with van der Waals surface area (Å²) in [6.07, 6.45) is 1.22. The fourth-order valence-electron chi connectivity index (χ4n) is 2.56. The van der Waals surface area contributed by atoms with Crippen molar-refractivity contribution in [3.8, 4) is 0 Å². The molecule has 6 nitrogen and oxygen atoms in total. The van der Waals surface area contributed by atoms with Crippen LogP contribution < -0.4 is 11.1 Å². The Labute approximate surface area is 108 Å². The Morgan fingerprint density at radius 2 is 2.17 bits per heavy atom. The third-order valence-electron chi connectivity index (χ3n) is 3.38. The van der Waals surface area contributed by atoms with Crippen molar-refractivity contribution < 1.29 is 14.7 Å². The first-order chi connectivity index (χ1) is 8.27. The molecule has 0 aliphatic heterocycles. The van der Waals surface area contributed by atoms with E-state index < -0.39 is 11.0 Å². The molecule has 104 valence electrons. The predicted molar refractivity (Wildman–Crippen MR) is 68.3 cm³/mol. The molecular formula is C12H23N3O3. The minimum atomic E-state index is -0.862. The molecular weight excluding hydrogens is 234 g/mol. The van der Waals surface area contributed by atoms with Crippen LogP contribution in [0.25, 0.3) is 0 Å². The van der Waals surface area contributed by atoms with Crippen LogP contribution in [-0.2, 0) is 9.53 Å². The fourth-order valence-corrected chi connectivity index (χ4v) is 2.56. The Kier molecular flexibility index (Phi) is 4.21. The lowest BCUT2D eigenvalue weighted by molar-refractivity contribution is -0.135. The third kappa shape index (κ3) is 2.75. The molecule has 1 saturated carbocycles. The average molecular weight is 257 g/mol. The van der Waals surface area contributed by atoms with Gasteiger partial charge in [0.15, 0.2) is 5.84 Å². The fraction of sp³-hybridized carbons (Fsp3) is 0.833. The van der Waals surface area contributed by atoms with E-state index in [9.17, 15) is 4.79 Å². The standard InChI is InChI=1S/C12H23N3O3/c1-8-5-12(6-8,9(13)15-17)10(16)14-11(2,3)7-18-4/h8,17H,5-7H2,1-4H3,(H2,13,15)(H,14,16). The monoisotopic (exact) mass is 257 g/mol. The minimum absolute atomic E-state index is 0.00804. The maximum Gasteiger partial charge on any atom is 0.234 e. The number of hydrogen-bond acceptors (Lipinski definition) is 4. The van der Waals surface area contributed by atoms with Gasteiger partial charge in [0.1, 0.15) is 5.41 Å². The van der Waals surface area contributed by atoms with E-state index in [1.807, 2.05) is 20.8 Å². The topological polar surface area (TPSA) is 96.9 Å². The highest BCUT2D eigenvalue weighted by Gasteiger charge is 2.52. The highest BCUT2D eigenvalue weighted by atomic mass is 16.5. The number of rotatable bonds is 5. The Morgan fingerprint density at radius 3 is 2.56 bits per heavy atom. The molecule has 0 saturated heterocycles. The zero-order chi connectivity index (χ0) is 14.0. The van der Waals surface area contributed by atoms with E-state index in [0.29, 0.717) is 25.4 Å². The molecule has 1 aliphatic carbocycles. The van der Waals surface area contributed by atoms with Gasteiger partial charge in [-0.05, 0) is 32.6 Å². The summed E-state index contributed by atoms with van der Waals surface area (Å²) < 4.78 is 5.05. The summed E-state index contributed by atoms with van der Waals surface area (Å²) in [4.78, 5) is 12.3. The largest absolute Gasteiger partial charge is 0.409 e. The summed E-state index contributed by atoms with van der Waals surface area (Å²) in [7, 11) is 1.58. The Balaban J connectivity index is 2.80. The molecule has 1 amide bonds. The lowest BCUT2D eigenvalue weighted by atomic mass is 9.61. The average Bonchev–Trinajstić information content (AvgIpc) is 2.22. The number of carbonyl (C=O) groups is 1. The molecule has 0 atom stereocenters. The van der Waals surface area contributed by atoms with E-state index in [1.54, 1.807) is 7.11 Å².